The minimum Gasteiger partial charge on any atom is -0.481 e. The quantitative estimate of drug-likeness (QED) is 0.368. The second kappa shape index (κ2) is 8.32. The number of hydrogen-bond acceptors (Lipinski definition) is 6. The zero-order chi connectivity index (χ0) is 27.0. The van der Waals surface area contributed by atoms with Gasteiger partial charge >= 0.3 is 11.9 Å². The Kier molecular flexibility index (Phi) is 5.91. The Morgan fingerprint density at radius 3 is 2.51 bits per heavy atom. The van der Waals surface area contributed by atoms with Gasteiger partial charge in [-0.1, -0.05) is 25.5 Å². The van der Waals surface area contributed by atoms with Crippen LogP contribution < -0.4 is 0 Å². The molecule has 0 spiro atoms. The van der Waals surface area contributed by atoms with E-state index in [4.69, 9.17) is 9.84 Å². The molecule has 0 unspecified atom stereocenters. The number of ketones is 2. The first kappa shape index (κ1) is 26.3. The van der Waals surface area contributed by atoms with E-state index in [1.807, 2.05) is 6.92 Å². The summed E-state index contributed by atoms with van der Waals surface area (Å²) in [6.07, 6.45) is 6.60. The lowest BCUT2D eigenvalue weighted by atomic mass is 9.44. The number of fused-ring (bicyclic) bond motifs is 7. The highest BCUT2D eigenvalue weighted by Crippen LogP contribution is 2.86. The van der Waals surface area contributed by atoms with Gasteiger partial charge in [-0.3, -0.25) is 19.2 Å². The second-order valence-corrected chi connectivity index (χ2v) is 12.8. The molecule has 0 aliphatic heterocycles. The van der Waals surface area contributed by atoms with E-state index in [2.05, 4.69) is 6.92 Å². The molecule has 4 saturated carbocycles. The van der Waals surface area contributed by atoms with Crippen molar-refractivity contribution in [2.75, 3.05) is 6.61 Å². The van der Waals surface area contributed by atoms with Crippen LogP contribution >= 0.6 is 0 Å². The molecule has 5 aliphatic rings. The van der Waals surface area contributed by atoms with Crippen LogP contribution in [0.1, 0.15) is 78.6 Å². The first-order valence-electron chi connectivity index (χ1n) is 13.5. The number of carbonyl (C=O) groups excluding carboxylic acids is 3. The van der Waals surface area contributed by atoms with Crippen molar-refractivity contribution in [2.45, 2.75) is 90.3 Å². The summed E-state index contributed by atoms with van der Waals surface area (Å²) in [5.74, 6) is -2.32. The van der Waals surface area contributed by atoms with Crippen molar-refractivity contribution in [3.8, 4) is 0 Å². The van der Waals surface area contributed by atoms with Gasteiger partial charge in [-0.2, -0.15) is 0 Å². The number of rotatable bonds is 8. The van der Waals surface area contributed by atoms with E-state index < -0.39 is 45.9 Å². The van der Waals surface area contributed by atoms with Gasteiger partial charge in [-0.05, 0) is 80.8 Å². The van der Waals surface area contributed by atoms with Crippen molar-refractivity contribution in [3.63, 3.8) is 0 Å². The van der Waals surface area contributed by atoms with Crippen molar-refractivity contribution in [2.24, 2.45) is 33.5 Å². The summed E-state index contributed by atoms with van der Waals surface area (Å²) in [5.41, 5.74) is -4.00. The topological polar surface area (TPSA) is 118 Å². The number of carboxylic acid groups (broad SMARTS) is 1. The summed E-state index contributed by atoms with van der Waals surface area (Å²) in [7, 11) is 0. The summed E-state index contributed by atoms with van der Waals surface area (Å²) in [4.78, 5) is 48.5. The Hall–Kier alpha value is -2.35. The largest absolute Gasteiger partial charge is 0.481 e. The third-order valence-electron chi connectivity index (χ3n) is 11.1. The monoisotopic (exact) mass is 516 g/mol. The predicted molar refractivity (Wildman–Crippen MR) is 131 cm³/mol. The molecule has 7 nitrogen and oxygen atoms in total. The third kappa shape index (κ3) is 3.39. The van der Waals surface area contributed by atoms with Crippen LogP contribution in [0, 0.1) is 33.5 Å². The van der Waals surface area contributed by atoms with Crippen LogP contribution in [0.15, 0.2) is 23.8 Å². The maximum absolute atomic E-state index is 17.3. The van der Waals surface area contributed by atoms with E-state index >= 15 is 4.39 Å². The van der Waals surface area contributed by atoms with Gasteiger partial charge in [0, 0.05) is 29.6 Å². The highest BCUT2D eigenvalue weighted by Gasteiger charge is 2.85. The molecule has 8 heteroatoms. The van der Waals surface area contributed by atoms with E-state index in [0.717, 1.165) is 5.57 Å². The van der Waals surface area contributed by atoms with Gasteiger partial charge in [-0.15, -0.1) is 0 Å². The molecule has 5 rings (SSSR count). The highest BCUT2D eigenvalue weighted by atomic mass is 19.1. The average molecular weight is 517 g/mol. The Morgan fingerprint density at radius 2 is 1.81 bits per heavy atom. The van der Waals surface area contributed by atoms with Gasteiger partial charge in [0.1, 0.15) is 0 Å². The number of carboxylic acids is 1. The third-order valence-corrected chi connectivity index (χ3v) is 11.1. The molecule has 0 saturated heterocycles. The fourth-order valence-electron chi connectivity index (χ4n) is 9.23. The lowest BCUT2D eigenvalue weighted by Crippen LogP contribution is -2.67. The van der Waals surface area contributed by atoms with E-state index in [-0.39, 0.29) is 48.8 Å². The van der Waals surface area contributed by atoms with Crippen molar-refractivity contribution in [3.05, 3.63) is 23.8 Å². The highest BCUT2D eigenvalue weighted by molar-refractivity contribution is 6.01. The number of carbonyl (C=O) groups is 4. The number of esters is 1. The minimum atomic E-state index is -1.93. The molecule has 0 radical (unpaired) electrons. The Morgan fingerprint density at radius 1 is 1.11 bits per heavy atom. The van der Waals surface area contributed by atoms with Crippen LogP contribution in [-0.4, -0.2) is 52.1 Å². The number of halogens is 1. The molecular formula is C29H37FO7. The second-order valence-electron chi connectivity index (χ2n) is 12.8. The van der Waals surface area contributed by atoms with Crippen LogP contribution in [0.5, 0.6) is 0 Å². The average Bonchev–Trinajstić information content (AvgIpc) is 3.41. The first-order chi connectivity index (χ1) is 17.2. The number of Topliss-reactive ketones (excluding diaryl/α,β-unsaturated/α-hetero) is 1. The number of alkyl halides is 1. The Balaban J connectivity index is 1.35. The maximum atomic E-state index is 17.3. The van der Waals surface area contributed by atoms with Crippen molar-refractivity contribution in [1.82, 2.24) is 0 Å². The first-order valence-corrected chi connectivity index (χ1v) is 13.5. The molecule has 2 N–H and O–H groups in total. The number of aliphatic hydroxyl groups is 1. The normalized spacial score (nSPS) is 45.2. The van der Waals surface area contributed by atoms with Gasteiger partial charge in [-0.25, -0.2) is 4.39 Å². The molecule has 0 heterocycles. The van der Waals surface area contributed by atoms with Gasteiger partial charge in [0.25, 0.3) is 0 Å². The fourth-order valence-corrected chi connectivity index (χ4v) is 9.23. The fraction of sp³-hybridized carbons (Fsp3) is 0.724. The molecule has 0 aromatic carbocycles. The zero-order valence-corrected chi connectivity index (χ0v) is 21.8. The van der Waals surface area contributed by atoms with Crippen molar-refractivity contribution in [1.29, 1.82) is 0 Å². The SMILES string of the molecule is C[C@]12C[C@H]3[C@@H]4CCC5=CC(=O)C=C[C@]5(C)[C@@]4(F)[C@@H](O)C[C@]3(C)[C@]1(C(=O)COC(=O)CCCCC(=O)O)C2. The van der Waals surface area contributed by atoms with Gasteiger partial charge in [0.05, 0.1) is 6.10 Å². The van der Waals surface area contributed by atoms with E-state index in [1.54, 1.807) is 13.0 Å². The smallest absolute Gasteiger partial charge is 0.306 e. The van der Waals surface area contributed by atoms with Crippen LogP contribution in [0.4, 0.5) is 4.39 Å². The molecule has 0 bridgehead atoms. The summed E-state index contributed by atoms with van der Waals surface area (Å²) in [5, 5.41) is 20.2. The van der Waals surface area contributed by atoms with Gasteiger partial charge in [0.2, 0.25) is 0 Å². The van der Waals surface area contributed by atoms with Crippen LogP contribution in [0.25, 0.3) is 0 Å². The maximum Gasteiger partial charge on any atom is 0.306 e. The number of aliphatic hydroxyl groups excluding tert-OH is 1. The molecule has 5 aliphatic carbocycles. The summed E-state index contributed by atoms with van der Waals surface area (Å²) < 4.78 is 22.6. The zero-order valence-electron chi connectivity index (χ0n) is 21.8. The standard InChI is InChI=1S/C29H37FO7/c1-25-13-20-19-9-8-17-12-18(31)10-11-26(17,2)29(19,30)21(32)14-27(20,3)28(25,16-25)22(33)15-37-24(36)7-5-4-6-23(34)35/h10-12,19-21,32H,4-9,13-16H2,1-3H3,(H,34,35)/t19-,20-,21-,25+,26-,27-,28-,29-/m0/s1. The number of hydrogen-bond donors (Lipinski definition) is 2. The predicted octanol–water partition coefficient (Wildman–Crippen LogP) is 4.12. The van der Waals surface area contributed by atoms with E-state index in [9.17, 15) is 24.3 Å². The molecule has 0 aromatic heterocycles. The minimum absolute atomic E-state index is 0.0184. The molecule has 4 fully saturated rings. The number of unbranched alkanes of at least 4 members (excludes halogenated alkanes) is 1. The lowest BCUT2D eigenvalue weighted by molar-refractivity contribution is -0.202. The van der Waals surface area contributed by atoms with E-state index in [1.165, 1.54) is 12.2 Å². The van der Waals surface area contributed by atoms with Crippen molar-refractivity contribution >= 4 is 23.5 Å². The van der Waals surface area contributed by atoms with Crippen molar-refractivity contribution < 1.29 is 38.5 Å². The van der Waals surface area contributed by atoms with Gasteiger partial charge < -0.3 is 14.9 Å². The number of allylic oxidation sites excluding steroid dienone is 4. The van der Waals surface area contributed by atoms with Crippen LogP contribution in [0.2, 0.25) is 0 Å². The molecule has 8 atom stereocenters. The molecule has 0 aromatic rings. The van der Waals surface area contributed by atoms with Gasteiger partial charge in [0.15, 0.2) is 23.8 Å². The molecule has 37 heavy (non-hydrogen) atoms. The lowest BCUT2D eigenvalue weighted by Gasteiger charge is -2.62. The van der Waals surface area contributed by atoms with Crippen LogP contribution in [-0.2, 0) is 23.9 Å². The summed E-state index contributed by atoms with van der Waals surface area (Å²) in [6.45, 7) is 5.50. The molecule has 0 amide bonds. The summed E-state index contributed by atoms with van der Waals surface area (Å²) >= 11 is 0. The molecule has 202 valence electrons. The summed E-state index contributed by atoms with van der Waals surface area (Å²) in [6, 6.07) is 0. The number of aliphatic carboxylic acids is 1. The molecular weight excluding hydrogens is 479 g/mol. The van der Waals surface area contributed by atoms with E-state index in [0.29, 0.717) is 38.5 Å². The number of ether oxygens (including phenoxy) is 1. The van der Waals surface area contributed by atoms with Crippen LogP contribution in [0.3, 0.4) is 0 Å². The Labute approximate surface area is 216 Å². The Bertz CT molecular complexity index is 1130.